The second kappa shape index (κ2) is 29.2. The second-order valence-electron chi connectivity index (χ2n) is 17.3. The van der Waals surface area contributed by atoms with Crippen LogP contribution in [0, 0.1) is 12.8 Å². The van der Waals surface area contributed by atoms with Gasteiger partial charge in [0.1, 0.15) is 45.8 Å². The lowest BCUT2D eigenvalue weighted by molar-refractivity contribution is -0.136. The first-order valence-corrected chi connectivity index (χ1v) is 25.3. The van der Waals surface area contributed by atoms with Gasteiger partial charge in [0, 0.05) is 67.1 Å². The van der Waals surface area contributed by atoms with E-state index in [0.29, 0.717) is 40.9 Å². The van der Waals surface area contributed by atoms with Crippen LogP contribution in [0.25, 0.3) is 10.7 Å². The van der Waals surface area contributed by atoms with Gasteiger partial charge in [-0.05, 0) is 59.7 Å². The van der Waals surface area contributed by atoms with Crippen LogP contribution in [0.5, 0.6) is 0 Å². The van der Waals surface area contributed by atoms with Gasteiger partial charge in [0.25, 0.3) is 11.8 Å². The Morgan fingerprint density at radius 3 is 2.23 bits per heavy atom. The van der Waals surface area contributed by atoms with E-state index in [1.165, 1.54) is 62.9 Å². The van der Waals surface area contributed by atoms with Crippen molar-refractivity contribution in [1.29, 1.82) is 0 Å². The number of nitrogens with one attached hydrogen (secondary N) is 8. The highest BCUT2D eigenvalue weighted by Crippen LogP contribution is 2.26. The standard InChI is InChI=1S/C44H68N18O9S2/c1-21-33(60-38(62-36(21)48)27(15-31(47)64)54-17-26(46)37(49)66)43(71)58-28(14-25-16-51-20-55-25)41(69)56-23(3)35(65)22(2)39(67)61-34(24(4)63)42(70)53-13-8-32-57-30(19-72-32)44-59-29(18-73-44)40(68)52-12-7-11-50-10-6-5-9-45/h16,18-20,22-24,26-28,34-35,50,54,63,65H,5-15,17,45-46H2,1-4H3,(H2,47,64)(H2,49,66)(H,51,55)(H,52,68)(H,53,70)(H,56,69)(H,58,71)(H,61,67)(H2,48,60,62)/t22-,23+,24+,26-,27-,28-,34-,35-/m0/s1. The average Bonchev–Trinajstić information content (AvgIpc) is 4.16. The van der Waals surface area contributed by atoms with E-state index in [0.717, 1.165) is 32.4 Å². The highest BCUT2D eigenvalue weighted by atomic mass is 32.1. The summed E-state index contributed by atoms with van der Waals surface area (Å²) in [5, 5.41) is 46.0. The highest BCUT2D eigenvalue weighted by Gasteiger charge is 2.34. The Labute approximate surface area is 429 Å². The van der Waals surface area contributed by atoms with Crippen molar-refractivity contribution in [2.45, 2.75) is 109 Å². The zero-order valence-electron chi connectivity index (χ0n) is 41.1. The monoisotopic (exact) mass is 1060 g/mol. The van der Waals surface area contributed by atoms with Crippen molar-refractivity contribution in [2.24, 2.45) is 28.9 Å². The molecule has 0 aliphatic rings. The molecule has 4 rings (SSSR count). The summed E-state index contributed by atoms with van der Waals surface area (Å²) in [7, 11) is 0. The molecule has 0 aliphatic carbocycles. The average molecular weight is 1060 g/mol. The number of nitrogens with two attached hydrogens (primary N) is 5. The summed E-state index contributed by atoms with van der Waals surface area (Å²) < 4.78 is 0. The Bertz CT molecular complexity index is 2470. The van der Waals surface area contributed by atoms with Crippen LogP contribution in [-0.2, 0) is 36.8 Å². The van der Waals surface area contributed by atoms with E-state index in [2.05, 4.69) is 67.1 Å². The van der Waals surface area contributed by atoms with Crippen molar-refractivity contribution in [3.8, 4) is 10.7 Å². The first-order chi connectivity index (χ1) is 34.7. The zero-order valence-corrected chi connectivity index (χ0v) is 42.7. The molecule has 73 heavy (non-hydrogen) atoms. The van der Waals surface area contributed by atoms with Crippen LogP contribution in [0.1, 0.15) is 95.6 Å². The highest BCUT2D eigenvalue weighted by molar-refractivity contribution is 7.14. The van der Waals surface area contributed by atoms with Crippen LogP contribution in [0.15, 0.2) is 23.3 Å². The second-order valence-corrected chi connectivity index (χ2v) is 19.1. The lowest BCUT2D eigenvalue weighted by Gasteiger charge is -2.29. The van der Waals surface area contributed by atoms with Gasteiger partial charge in [0.05, 0.1) is 47.6 Å². The van der Waals surface area contributed by atoms with Gasteiger partial charge in [-0.2, -0.15) is 0 Å². The summed E-state index contributed by atoms with van der Waals surface area (Å²) in [6.07, 6.45) is 2.45. The van der Waals surface area contributed by atoms with E-state index in [-0.39, 0.29) is 60.4 Å². The molecule has 0 spiro atoms. The number of hydrogen-bond donors (Lipinski definition) is 15. The summed E-state index contributed by atoms with van der Waals surface area (Å²) in [4.78, 5) is 115. The minimum atomic E-state index is -1.54. The number of aliphatic hydroxyl groups excluding tert-OH is 2. The fourth-order valence-corrected chi connectivity index (χ4v) is 8.56. The number of hydrogen-bond acceptors (Lipinski definition) is 21. The Kier molecular flexibility index (Phi) is 23.6. The third kappa shape index (κ3) is 18.4. The number of nitrogens with zero attached hydrogens (tertiary/aromatic N) is 5. The molecule has 7 amide bonds. The third-order valence-electron chi connectivity index (χ3n) is 11.3. The molecule has 4 heterocycles. The van der Waals surface area contributed by atoms with Crippen LogP contribution in [-0.4, -0.2) is 157 Å². The van der Waals surface area contributed by atoms with E-state index in [1.807, 2.05) is 0 Å². The molecule has 0 saturated heterocycles. The number of aromatic amines is 1. The Morgan fingerprint density at radius 2 is 1.56 bits per heavy atom. The molecule has 27 nitrogen and oxygen atoms in total. The number of primary amides is 2. The van der Waals surface area contributed by atoms with Crippen LogP contribution in [0.3, 0.4) is 0 Å². The summed E-state index contributed by atoms with van der Waals surface area (Å²) in [5.74, 6) is -6.56. The van der Waals surface area contributed by atoms with E-state index < -0.39 is 83.8 Å². The van der Waals surface area contributed by atoms with Crippen LogP contribution in [0.4, 0.5) is 5.82 Å². The normalized spacial score (nSPS) is 14.6. The quantitative estimate of drug-likeness (QED) is 0.0211. The minimum Gasteiger partial charge on any atom is -0.391 e. The number of nitrogen functional groups attached to an aromatic ring is 1. The molecular weight excluding hydrogens is 989 g/mol. The molecule has 29 heteroatoms. The van der Waals surface area contributed by atoms with Crippen LogP contribution < -0.4 is 65.9 Å². The number of carbonyl (C=O) groups is 7. The molecule has 0 aromatic carbocycles. The molecule has 0 fully saturated rings. The Morgan fingerprint density at radius 1 is 0.822 bits per heavy atom. The Hall–Kier alpha value is -6.60. The van der Waals surface area contributed by atoms with Crippen molar-refractivity contribution < 1.29 is 43.8 Å². The fourth-order valence-electron chi connectivity index (χ4n) is 6.94. The minimum absolute atomic E-state index is 0.0989. The van der Waals surface area contributed by atoms with Gasteiger partial charge in [-0.25, -0.2) is 24.9 Å². The van der Waals surface area contributed by atoms with Crippen LogP contribution in [0.2, 0.25) is 0 Å². The third-order valence-corrected chi connectivity index (χ3v) is 13.1. The fraction of sp³-hybridized carbons (Fsp3) is 0.545. The van der Waals surface area contributed by atoms with Gasteiger partial charge in [-0.15, -0.1) is 22.7 Å². The van der Waals surface area contributed by atoms with E-state index in [4.69, 9.17) is 28.7 Å². The molecule has 0 saturated carbocycles. The van der Waals surface area contributed by atoms with E-state index in [1.54, 1.807) is 10.8 Å². The van der Waals surface area contributed by atoms with Crippen molar-refractivity contribution in [2.75, 3.05) is 45.0 Å². The maximum atomic E-state index is 13.9. The summed E-state index contributed by atoms with van der Waals surface area (Å²) in [5.41, 5.74) is 29.3. The molecule has 8 atom stereocenters. The first-order valence-electron chi connectivity index (χ1n) is 23.5. The van der Waals surface area contributed by atoms with Crippen molar-refractivity contribution in [3.63, 3.8) is 0 Å². The maximum absolute atomic E-state index is 13.9. The van der Waals surface area contributed by atoms with Gasteiger partial charge >= 0.3 is 0 Å². The summed E-state index contributed by atoms with van der Waals surface area (Å²) >= 11 is 2.62. The zero-order chi connectivity index (χ0) is 53.8. The van der Waals surface area contributed by atoms with Gasteiger partial charge in [0.2, 0.25) is 29.5 Å². The number of anilines is 1. The number of H-pyrrole nitrogens is 1. The lowest BCUT2D eigenvalue weighted by atomic mass is 9.96. The number of thiazole rings is 2. The molecule has 0 unspecified atom stereocenters. The largest absolute Gasteiger partial charge is 0.391 e. The van der Waals surface area contributed by atoms with E-state index >= 15 is 0 Å². The molecule has 20 N–H and O–H groups in total. The van der Waals surface area contributed by atoms with Gasteiger partial charge < -0.3 is 81.1 Å². The number of aromatic nitrogens is 6. The van der Waals surface area contributed by atoms with E-state index in [9.17, 15) is 43.8 Å². The first kappa shape index (κ1) is 59.0. The molecule has 4 aromatic heterocycles. The van der Waals surface area contributed by atoms with Crippen molar-refractivity contribution in [3.05, 3.63) is 56.8 Å². The summed E-state index contributed by atoms with van der Waals surface area (Å²) in [6.45, 7) is 8.30. The molecule has 0 radical (unpaired) electrons. The Balaban J connectivity index is 1.32. The smallest absolute Gasteiger partial charge is 0.271 e. The molecule has 4 aromatic rings. The SMILES string of the molecule is Cc1c(N)nc([C@H](CC(N)=O)NC[C@H](N)C(N)=O)nc1C(=O)N[C@@H](Cc1cnc[nH]1)C(=O)N[C@H](C)[C@@H](O)[C@H](C)C(=O)N[C@H](C(=O)NCCc1nc(-c2nc(C(=O)NCCCNCCCCN)cs2)cs1)[C@@H](C)O. The summed E-state index contributed by atoms with van der Waals surface area (Å²) in [6, 6.07) is -6.07. The molecule has 400 valence electrons. The lowest BCUT2D eigenvalue weighted by Crippen LogP contribution is -2.57. The number of amides is 7. The number of rotatable bonds is 32. The molecule has 0 bridgehead atoms. The number of unbranched alkanes of at least 4 members (excludes halogenated alkanes) is 1. The van der Waals surface area contributed by atoms with Crippen molar-refractivity contribution >= 4 is 69.8 Å². The number of imidazole rings is 1. The molecular formula is C44H68N18O9S2. The van der Waals surface area contributed by atoms with Crippen molar-refractivity contribution in [1.82, 2.24) is 67.1 Å². The maximum Gasteiger partial charge on any atom is 0.271 e. The topological polar surface area (TPSA) is 454 Å². The van der Waals surface area contributed by atoms with Gasteiger partial charge in [-0.1, -0.05) is 6.92 Å². The predicted octanol–water partition coefficient (Wildman–Crippen LogP) is -3.50. The number of carbonyl (C=O) groups excluding carboxylic acids is 7. The number of aliphatic hydroxyl groups is 2. The van der Waals surface area contributed by atoms with Crippen LogP contribution >= 0.6 is 22.7 Å². The predicted molar refractivity (Wildman–Crippen MR) is 271 cm³/mol. The molecule has 0 aliphatic heterocycles. The van der Waals surface area contributed by atoms with Gasteiger partial charge in [0.15, 0.2) is 0 Å². The van der Waals surface area contributed by atoms with Gasteiger partial charge in [-0.3, -0.25) is 33.6 Å².